The smallest absolute Gasteiger partial charge is 0.245 e. The predicted octanol–water partition coefficient (Wildman–Crippen LogP) is 8.76. The van der Waals surface area contributed by atoms with Crippen LogP contribution in [0.3, 0.4) is 0 Å². The van der Waals surface area contributed by atoms with Gasteiger partial charge in [0.05, 0.1) is 10.8 Å². The molecule has 3 aromatic carbocycles. The Morgan fingerprint density at radius 1 is 0.727 bits per heavy atom. The highest BCUT2D eigenvalue weighted by Gasteiger charge is 2.36. The van der Waals surface area contributed by atoms with Gasteiger partial charge in [-0.1, -0.05) is 67.8 Å². The number of rotatable bonds is 13. The fraction of sp³-hybridized carbons (Fsp3) is 0.308. The van der Waals surface area contributed by atoms with E-state index in [1.807, 2.05) is 58.9 Å². The van der Waals surface area contributed by atoms with Crippen LogP contribution in [0.4, 0.5) is 11.6 Å². The molecule has 14 heteroatoms. The van der Waals surface area contributed by atoms with Crippen LogP contribution in [0.25, 0.3) is 44.3 Å². The van der Waals surface area contributed by atoms with Gasteiger partial charge in [0.1, 0.15) is 47.9 Å². The van der Waals surface area contributed by atoms with E-state index in [4.69, 9.17) is 21.2 Å². The van der Waals surface area contributed by atoms with E-state index in [1.165, 1.54) is 23.4 Å². The Labute approximate surface area is 388 Å². The first-order valence-corrected chi connectivity index (χ1v) is 23.6. The number of likely N-dealkylation sites (tertiary alicyclic amines) is 2. The summed E-state index contributed by atoms with van der Waals surface area (Å²) in [6.07, 6.45) is 10.8. The second-order valence-corrected chi connectivity index (χ2v) is 19.2. The van der Waals surface area contributed by atoms with Gasteiger partial charge in [0, 0.05) is 84.3 Å². The summed E-state index contributed by atoms with van der Waals surface area (Å²) in [5, 5.41) is 2.13. The molecule has 4 N–H and O–H groups in total. The summed E-state index contributed by atoms with van der Waals surface area (Å²) < 4.78 is 10.7. The predicted molar refractivity (Wildman–Crippen MR) is 262 cm³/mol. The Balaban J connectivity index is 0.913. The van der Waals surface area contributed by atoms with Crippen molar-refractivity contribution in [3.05, 3.63) is 134 Å². The quantitative estimate of drug-likeness (QED) is 0.107. The van der Waals surface area contributed by atoms with Crippen molar-refractivity contribution in [1.29, 1.82) is 0 Å². The van der Waals surface area contributed by atoms with Gasteiger partial charge in [-0.2, -0.15) is 0 Å². The Morgan fingerprint density at radius 3 is 1.94 bits per heavy atom. The molecule has 4 aromatic heterocycles. The van der Waals surface area contributed by atoms with E-state index in [9.17, 15) is 9.59 Å². The van der Waals surface area contributed by atoms with Crippen molar-refractivity contribution < 1.29 is 14.3 Å². The van der Waals surface area contributed by atoms with Crippen LogP contribution in [-0.2, 0) is 29.8 Å². The second-order valence-electron chi connectivity index (χ2n) is 17.8. The lowest BCUT2D eigenvalue weighted by atomic mass is 9.94. The molecule has 10 rings (SSSR count). The average Bonchev–Trinajstić information content (AvgIpc) is 4.20. The van der Waals surface area contributed by atoms with Gasteiger partial charge in [0.2, 0.25) is 11.8 Å². The summed E-state index contributed by atoms with van der Waals surface area (Å²) in [6, 6.07) is 27.2. The number of ether oxygens (including phenoxy) is 1. The maximum atomic E-state index is 12.9. The van der Waals surface area contributed by atoms with Crippen molar-refractivity contribution in [3.63, 3.8) is 0 Å². The van der Waals surface area contributed by atoms with Crippen molar-refractivity contribution in [2.45, 2.75) is 67.2 Å². The zero-order valence-electron chi connectivity index (χ0n) is 37.2. The molecule has 6 heterocycles. The summed E-state index contributed by atoms with van der Waals surface area (Å²) in [5.74, 6) is 2.16. The number of hydrogen-bond acceptors (Lipinski definition) is 10. The molecule has 13 nitrogen and oxygen atoms in total. The summed E-state index contributed by atoms with van der Waals surface area (Å²) in [7, 11) is 2.03. The van der Waals surface area contributed by atoms with E-state index in [0.717, 1.165) is 106 Å². The fourth-order valence-electron chi connectivity index (χ4n) is 10.7. The van der Waals surface area contributed by atoms with Gasteiger partial charge in [-0.05, 0) is 91.1 Å². The Hall–Kier alpha value is -6.93. The molecule has 2 aliphatic heterocycles. The highest BCUT2D eigenvalue weighted by atomic mass is 32.2. The molecular formula is C52H54N10O3S. The Kier molecular flexibility index (Phi) is 11.8. The van der Waals surface area contributed by atoms with Crippen molar-refractivity contribution in [2.75, 3.05) is 37.6 Å². The third-order valence-corrected chi connectivity index (χ3v) is 15.2. The summed E-state index contributed by atoms with van der Waals surface area (Å²) >= 11 is 1.94. The van der Waals surface area contributed by atoms with Gasteiger partial charge in [-0.3, -0.25) is 9.59 Å². The SMILES string of the molecule is C=CC(=O)N1CCC(c2c(-c3ccc(SC4CCC(Cn5c(C6CCN(C(=O)C=C)C6)c(-c6ccc(OCc7ccccc7)cc6)c6c(N)ncnc65)C4)cc3)c3c(N)ncnc3n2C)C1. The molecule has 336 valence electrons. The highest BCUT2D eigenvalue weighted by molar-refractivity contribution is 8.00. The number of thioether (sulfide) groups is 1. The van der Waals surface area contributed by atoms with E-state index >= 15 is 0 Å². The molecule has 2 saturated heterocycles. The first kappa shape index (κ1) is 43.0. The molecule has 4 atom stereocenters. The molecule has 0 radical (unpaired) electrons. The molecule has 4 unspecified atom stereocenters. The molecule has 7 aromatic rings. The first-order chi connectivity index (χ1) is 32.2. The topological polar surface area (TPSA) is 163 Å². The molecule has 2 amide bonds. The largest absolute Gasteiger partial charge is 0.489 e. The van der Waals surface area contributed by atoms with Crippen molar-refractivity contribution >= 4 is 57.3 Å². The minimum absolute atomic E-state index is 0.0488. The van der Waals surface area contributed by atoms with Gasteiger partial charge < -0.3 is 35.1 Å². The molecule has 0 bridgehead atoms. The number of amides is 2. The molecule has 0 spiro atoms. The first-order valence-electron chi connectivity index (χ1n) is 22.8. The molecule has 66 heavy (non-hydrogen) atoms. The Bertz CT molecular complexity index is 2970. The van der Waals surface area contributed by atoms with Crippen LogP contribution in [0, 0.1) is 5.92 Å². The van der Waals surface area contributed by atoms with Gasteiger partial charge in [-0.15, -0.1) is 11.8 Å². The molecule has 1 aliphatic carbocycles. The van der Waals surface area contributed by atoms with Gasteiger partial charge in [0.15, 0.2) is 0 Å². The number of nitrogens with two attached hydrogens (primary N) is 2. The summed E-state index contributed by atoms with van der Waals surface area (Å²) in [4.78, 5) is 48.9. The van der Waals surface area contributed by atoms with Crippen molar-refractivity contribution in [1.82, 2.24) is 38.9 Å². The third-order valence-electron chi connectivity index (χ3n) is 13.8. The number of aryl methyl sites for hydroxylation is 1. The second kappa shape index (κ2) is 18.2. The van der Waals surface area contributed by atoms with Crippen molar-refractivity contribution in [2.24, 2.45) is 13.0 Å². The average molecular weight is 899 g/mol. The van der Waals surface area contributed by atoms with Crippen LogP contribution < -0.4 is 16.2 Å². The zero-order valence-corrected chi connectivity index (χ0v) is 38.0. The van der Waals surface area contributed by atoms with Crippen LogP contribution in [0.5, 0.6) is 5.75 Å². The van der Waals surface area contributed by atoms with E-state index < -0.39 is 0 Å². The van der Waals surface area contributed by atoms with E-state index in [2.05, 4.69) is 85.8 Å². The maximum Gasteiger partial charge on any atom is 0.245 e. The molecular weight excluding hydrogens is 845 g/mol. The number of anilines is 2. The van der Waals surface area contributed by atoms with Gasteiger partial charge in [0.25, 0.3) is 0 Å². The van der Waals surface area contributed by atoms with Gasteiger partial charge in [-0.25, -0.2) is 19.9 Å². The van der Waals surface area contributed by atoms with E-state index in [1.54, 1.807) is 6.33 Å². The standard InChI is InChI=1S/C52H54N10O3S/c1-4-41(63)60-23-21-36(27-60)47-43(45-49(53)55-30-57-51(45)59(47)3)35-14-19-39(20-15-35)66-40-18-11-33(25-40)26-62-48(37-22-24-61(28-37)42(64)5-2)44(46-50(54)56-31-58-52(46)62)34-12-16-38(17-13-34)65-29-32-9-7-6-8-10-32/h4-10,12-17,19-20,30-31,33,36-37,40H,1-2,11,18,21-29H2,3H3,(H2,53,55,57)(H2,54,56,58). The zero-order chi connectivity index (χ0) is 45.5. The summed E-state index contributed by atoms with van der Waals surface area (Å²) in [5.41, 5.74) is 22.4. The number of hydrogen-bond donors (Lipinski definition) is 2. The highest BCUT2D eigenvalue weighted by Crippen LogP contribution is 2.47. The lowest BCUT2D eigenvalue weighted by molar-refractivity contribution is -0.125. The number of carbonyl (C=O) groups is 2. The summed E-state index contributed by atoms with van der Waals surface area (Å²) in [6.45, 7) is 11.3. The lowest BCUT2D eigenvalue weighted by Gasteiger charge is -2.21. The van der Waals surface area contributed by atoms with Crippen molar-refractivity contribution in [3.8, 4) is 28.0 Å². The number of aromatic nitrogens is 6. The van der Waals surface area contributed by atoms with E-state index in [-0.39, 0.29) is 23.7 Å². The van der Waals surface area contributed by atoms with Crippen LogP contribution in [0.2, 0.25) is 0 Å². The third kappa shape index (κ3) is 8.07. The Morgan fingerprint density at radius 2 is 1.30 bits per heavy atom. The molecule has 3 aliphatic rings. The lowest BCUT2D eigenvalue weighted by Crippen LogP contribution is -2.26. The van der Waals surface area contributed by atoms with E-state index in [0.29, 0.717) is 55.6 Å². The monoisotopic (exact) mass is 898 g/mol. The van der Waals surface area contributed by atoms with Crippen LogP contribution in [0.15, 0.2) is 122 Å². The number of fused-ring (bicyclic) bond motifs is 2. The molecule has 3 fully saturated rings. The van der Waals surface area contributed by atoms with Crippen LogP contribution in [-0.4, -0.2) is 82.1 Å². The normalized spacial score (nSPS) is 19.5. The van der Waals surface area contributed by atoms with Crippen LogP contribution >= 0.6 is 11.8 Å². The number of nitrogens with zero attached hydrogens (tertiary/aromatic N) is 8. The maximum absolute atomic E-state index is 12.9. The minimum Gasteiger partial charge on any atom is -0.489 e. The number of benzene rings is 3. The minimum atomic E-state index is -0.0533. The number of carbonyl (C=O) groups excluding carboxylic acids is 2. The fourth-order valence-corrected chi connectivity index (χ4v) is 12.0. The molecule has 1 saturated carbocycles. The van der Waals surface area contributed by atoms with Gasteiger partial charge >= 0.3 is 0 Å². The number of nitrogen functional groups attached to an aromatic ring is 2. The van der Waals surface area contributed by atoms with Crippen LogP contribution in [0.1, 0.15) is 60.9 Å².